The zero-order valence-electron chi connectivity index (χ0n) is 18.5. The average Bonchev–Trinajstić information content (AvgIpc) is 3.51. The Kier molecular flexibility index (Phi) is 6.09. The standard InChI is InChI=1S/C29H26N2OS/c1-31-19-26(24-14-8-9-15-27(24)31)25(23-16-17-33-20-23)18-28(32)30-29(21-10-4-2-5-11-21)22-12-6-3-7-13-22/h2-17,19-20,25,29H,18H2,1H3,(H,30,32). The Hall–Kier alpha value is -3.63. The Morgan fingerprint density at radius 1 is 0.848 bits per heavy atom. The van der Waals surface area contributed by atoms with E-state index in [1.807, 2.05) is 36.4 Å². The van der Waals surface area contributed by atoms with Crippen LogP contribution in [0.4, 0.5) is 0 Å². The largest absolute Gasteiger partial charge is 0.350 e. The third-order valence-corrected chi connectivity index (χ3v) is 6.91. The van der Waals surface area contributed by atoms with Gasteiger partial charge in [-0.3, -0.25) is 4.79 Å². The first-order chi connectivity index (χ1) is 16.2. The van der Waals surface area contributed by atoms with Crippen LogP contribution in [0.15, 0.2) is 108 Å². The van der Waals surface area contributed by atoms with Gasteiger partial charge in [0.25, 0.3) is 0 Å². The number of para-hydroxylation sites is 1. The molecule has 1 N–H and O–H groups in total. The Morgan fingerprint density at radius 3 is 2.12 bits per heavy atom. The zero-order chi connectivity index (χ0) is 22.6. The SMILES string of the molecule is Cn1cc(C(CC(=O)NC(c2ccccc2)c2ccccc2)c2ccsc2)c2ccccc21. The van der Waals surface area contributed by atoms with Crippen molar-refractivity contribution in [1.29, 1.82) is 0 Å². The van der Waals surface area contributed by atoms with Crippen LogP contribution < -0.4 is 5.32 Å². The monoisotopic (exact) mass is 450 g/mol. The van der Waals surface area contributed by atoms with Gasteiger partial charge in [0.05, 0.1) is 6.04 Å². The van der Waals surface area contributed by atoms with Gasteiger partial charge in [-0.2, -0.15) is 11.3 Å². The second-order valence-electron chi connectivity index (χ2n) is 8.35. The Labute approximate surface area is 198 Å². The molecule has 0 saturated heterocycles. The van der Waals surface area contributed by atoms with Gasteiger partial charge in [0.1, 0.15) is 0 Å². The molecule has 0 radical (unpaired) electrons. The molecule has 5 aromatic rings. The summed E-state index contributed by atoms with van der Waals surface area (Å²) in [7, 11) is 2.07. The lowest BCUT2D eigenvalue weighted by atomic mass is 9.89. The van der Waals surface area contributed by atoms with Crippen molar-refractivity contribution in [3.05, 3.63) is 130 Å². The minimum Gasteiger partial charge on any atom is -0.350 e. The molecule has 1 unspecified atom stereocenters. The van der Waals surface area contributed by atoms with Crippen molar-refractivity contribution in [1.82, 2.24) is 9.88 Å². The van der Waals surface area contributed by atoms with Crippen molar-refractivity contribution in [2.24, 2.45) is 7.05 Å². The molecular formula is C29H26N2OS. The minimum absolute atomic E-state index is 0.00505. The number of aryl methyl sites for hydroxylation is 1. The van der Waals surface area contributed by atoms with E-state index >= 15 is 0 Å². The number of benzene rings is 3. The Morgan fingerprint density at radius 2 is 1.48 bits per heavy atom. The fraction of sp³-hybridized carbons (Fsp3) is 0.138. The zero-order valence-corrected chi connectivity index (χ0v) is 19.3. The number of carbonyl (C=O) groups excluding carboxylic acids is 1. The third kappa shape index (κ3) is 4.48. The van der Waals surface area contributed by atoms with Gasteiger partial charge in [-0.05, 0) is 45.1 Å². The summed E-state index contributed by atoms with van der Waals surface area (Å²) in [6.07, 6.45) is 2.56. The first-order valence-corrected chi connectivity index (χ1v) is 12.1. The molecule has 0 aliphatic carbocycles. The molecule has 0 bridgehead atoms. The number of amides is 1. The number of fused-ring (bicyclic) bond motifs is 1. The smallest absolute Gasteiger partial charge is 0.221 e. The molecule has 1 atom stereocenters. The normalized spacial score (nSPS) is 12.2. The van der Waals surface area contributed by atoms with Gasteiger partial charge in [0.2, 0.25) is 5.91 Å². The number of carbonyl (C=O) groups is 1. The maximum absolute atomic E-state index is 13.5. The maximum atomic E-state index is 13.5. The van der Waals surface area contributed by atoms with Crippen LogP contribution in [0.1, 0.15) is 40.6 Å². The first-order valence-electron chi connectivity index (χ1n) is 11.2. The molecule has 1 amide bonds. The predicted molar refractivity (Wildman–Crippen MR) is 137 cm³/mol. The number of aromatic nitrogens is 1. The van der Waals surface area contributed by atoms with Crippen LogP contribution in [0.5, 0.6) is 0 Å². The number of hydrogen-bond acceptors (Lipinski definition) is 2. The molecule has 164 valence electrons. The molecule has 0 aliphatic rings. The molecule has 0 spiro atoms. The van der Waals surface area contributed by atoms with E-state index in [2.05, 4.69) is 88.5 Å². The van der Waals surface area contributed by atoms with Crippen molar-refractivity contribution >= 4 is 28.1 Å². The second-order valence-corrected chi connectivity index (χ2v) is 9.13. The maximum Gasteiger partial charge on any atom is 0.221 e. The van der Waals surface area contributed by atoms with Crippen LogP contribution in [0.25, 0.3) is 10.9 Å². The van der Waals surface area contributed by atoms with Crippen molar-refractivity contribution in [2.45, 2.75) is 18.4 Å². The molecule has 0 fully saturated rings. The van der Waals surface area contributed by atoms with E-state index < -0.39 is 0 Å². The highest BCUT2D eigenvalue weighted by Crippen LogP contribution is 2.35. The highest BCUT2D eigenvalue weighted by atomic mass is 32.1. The second kappa shape index (κ2) is 9.47. The summed E-state index contributed by atoms with van der Waals surface area (Å²) in [6, 6.07) is 30.7. The summed E-state index contributed by atoms with van der Waals surface area (Å²) in [6.45, 7) is 0. The van der Waals surface area contributed by atoms with Gasteiger partial charge in [-0.15, -0.1) is 0 Å². The summed E-state index contributed by atoms with van der Waals surface area (Å²) < 4.78 is 2.15. The van der Waals surface area contributed by atoms with Crippen molar-refractivity contribution in [3.63, 3.8) is 0 Å². The van der Waals surface area contributed by atoms with Crippen LogP contribution in [-0.4, -0.2) is 10.5 Å². The minimum atomic E-state index is -0.185. The van der Waals surface area contributed by atoms with E-state index in [0.717, 1.165) is 11.1 Å². The molecule has 5 rings (SSSR count). The molecule has 3 aromatic carbocycles. The Bertz CT molecular complexity index is 1300. The summed E-state index contributed by atoms with van der Waals surface area (Å²) in [5.41, 5.74) is 5.71. The molecule has 0 aliphatic heterocycles. The Balaban J connectivity index is 1.47. The topological polar surface area (TPSA) is 34.0 Å². The van der Waals surface area contributed by atoms with Gasteiger partial charge >= 0.3 is 0 Å². The summed E-state index contributed by atoms with van der Waals surface area (Å²) in [5, 5.41) is 8.77. The first kappa shape index (κ1) is 21.2. The van der Waals surface area contributed by atoms with Crippen molar-refractivity contribution in [3.8, 4) is 0 Å². The summed E-state index contributed by atoms with van der Waals surface area (Å²) in [4.78, 5) is 13.5. The molecule has 33 heavy (non-hydrogen) atoms. The summed E-state index contributed by atoms with van der Waals surface area (Å²) >= 11 is 1.67. The van der Waals surface area contributed by atoms with Gasteiger partial charge in [-0.1, -0.05) is 78.9 Å². The van der Waals surface area contributed by atoms with E-state index in [-0.39, 0.29) is 17.9 Å². The molecule has 4 heteroatoms. The lowest BCUT2D eigenvalue weighted by Gasteiger charge is -2.22. The van der Waals surface area contributed by atoms with Crippen LogP contribution in [0.3, 0.4) is 0 Å². The van der Waals surface area contributed by atoms with Gasteiger partial charge in [0, 0.05) is 36.5 Å². The molecular weight excluding hydrogens is 424 g/mol. The fourth-order valence-electron chi connectivity index (χ4n) is 4.59. The quantitative estimate of drug-likeness (QED) is 0.295. The highest BCUT2D eigenvalue weighted by Gasteiger charge is 2.24. The van der Waals surface area contributed by atoms with Crippen LogP contribution in [0, 0.1) is 0 Å². The molecule has 3 nitrogen and oxygen atoms in total. The van der Waals surface area contributed by atoms with Gasteiger partial charge in [-0.25, -0.2) is 0 Å². The third-order valence-electron chi connectivity index (χ3n) is 6.21. The van der Waals surface area contributed by atoms with Crippen LogP contribution in [-0.2, 0) is 11.8 Å². The number of thiophene rings is 1. The number of hydrogen-bond donors (Lipinski definition) is 1. The number of nitrogens with one attached hydrogen (secondary N) is 1. The fourth-order valence-corrected chi connectivity index (χ4v) is 5.30. The molecule has 2 aromatic heterocycles. The van der Waals surface area contributed by atoms with E-state index in [1.165, 1.54) is 22.0 Å². The lowest BCUT2D eigenvalue weighted by Crippen LogP contribution is -2.30. The van der Waals surface area contributed by atoms with Crippen LogP contribution in [0.2, 0.25) is 0 Å². The van der Waals surface area contributed by atoms with E-state index in [4.69, 9.17) is 0 Å². The van der Waals surface area contributed by atoms with E-state index in [9.17, 15) is 4.79 Å². The highest BCUT2D eigenvalue weighted by molar-refractivity contribution is 7.08. The average molecular weight is 451 g/mol. The number of rotatable bonds is 7. The van der Waals surface area contributed by atoms with Crippen molar-refractivity contribution < 1.29 is 4.79 Å². The van der Waals surface area contributed by atoms with Crippen LogP contribution >= 0.6 is 11.3 Å². The van der Waals surface area contributed by atoms with Gasteiger partial charge < -0.3 is 9.88 Å². The lowest BCUT2D eigenvalue weighted by molar-refractivity contribution is -0.121. The molecule has 0 saturated carbocycles. The summed E-state index contributed by atoms with van der Waals surface area (Å²) in [5.74, 6) is 0.0337. The van der Waals surface area contributed by atoms with E-state index in [1.54, 1.807) is 11.3 Å². The number of nitrogens with zero attached hydrogens (tertiary/aromatic N) is 1. The van der Waals surface area contributed by atoms with Gasteiger partial charge in [0.15, 0.2) is 0 Å². The predicted octanol–water partition coefficient (Wildman–Crippen LogP) is 6.67. The van der Waals surface area contributed by atoms with E-state index in [0.29, 0.717) is 6.42 Å². The molecule has 2 heterocycles. The van der Waals surface area contributed by atoms with Crippen molar-refractivity contribution in [2.75, 3.05) is 0 Å².